The molecular weight excluding hydrogens is 1300 g/mol. The van der Waals surface area contributed by atoms with Crippen molar-refractivity contribution in [1.29, 1.82) is 0 Å². The van der Waals surface area contributed by atoms with Crippen LogP contribution in [0.4, 0.5) is 0 Å². The Kier molecular flexibility index (Phi) is 15.9. The van der Waals surface area contributed by atoms with Crippen molar-refractivity contribution in [3.8, 4) is 124 Å². The molecule has 0 spiro atoms. The molecule has 20 rings (SSSR count). The lowest BCUT2D eigenvalue weighted by Crippen LogP contribution is -2.00. The van der Waals surface area contributed by atoms with E-state index in [1.54, 1.807) is 9.59 Å². The summed E-state index contributed by atoms with van der Waals surface area (Å²) < 4.78 is 0. The lowest BCUT2D eigenvalue weighted by atomic mass is 9.94. The van der Waals surface area contributed by atoms with E-state index in [1.807, 2.05) is 194 Å². The second kappa shape index (κ2) is 27.0. The van der Waals surface area contributed by atoms with E-state index in [0.29, 0.717) is 23.3 Å². The first kappa shape index (κ1) is 62.3. The number of benzene rings is 14. The summed E-state index contributed by atoms with van der Waals surface area (Å²) >= 11 is 0. The lowest BCUT2D eigenvalue weighted by molar-refractivity contribution is 0.766. The maximum absolute atomic E-state index is 5.42. The minimum atomic E-state index is 0.613. The Labute approximate surface area is 608 Å². The molecule has 0 amide bonds. The molecule has 0 aliphatic rings. The van der Waals surface area contributed by atoms with Gasteiger partial charge in [-0.05, 0) is 65.7 Å². The van der Waals surface area contributed by atoms with Crippen LogP contribution in [0.5, 0.6) is 0 Å². The molecule has 0 saturated heterocycles. The lowest BCUT2D eigenvalue weighted by Gasteiger charge is -2.14. The minimum absolute atomic E-state index is 0.613. The third-order valence-electron chi connectivity index (χ3n) is 19.2. The standard InChI is InChI=1S/C47H30N6.C46H29N7/c1-5-14-32(15-6-1)41-30-42(49-47(48-41)35-18-9-3-10-19-35)33-26-24-31(25-27-33)37-22-13-23-38-43-39(44(50-45(37)38)34-16-7-2-8-17-34)28-29-40-46(43)52-53(51-40)36-20-11-4-12-21-36;1-5-14-31(15-6-1)41-38-28-29-39-43(52-53(51-39)35-20-11-4-12-21-35)40(38)37-23-13-22-36(42(37)47-41)30-24-26-34(27-25-30)46-49-44(32-16-7-2-8-17-32)48-45(50-46)33-18-9-3-10-19-33/h1-30H;1-29H. The zero-order chi connectivity index (χ0) is 70.3. The van der Waals surface area contributed by atoms with Gasteiger partial charge >= 0.3 is 0 Å². The quantitative estimate of drug-likeness (QED) is 0.107. The van der Waals surface area contributed by atoms with E-state index in [0.717, 1.165) is 166 Å². The topological polar surface area (TPSA) is 152 Å². The van der Waals surface area contributed by atoms with E-state index in [2.05, 4.69) is 164 Å². The second-order valence-electron chi connectivity index (χ2n) is 25.8. The zero-order valence-corrected chi connectivity index (χ0v) is 56.9. The maximum Gasteiger partial charge on any atom is 0.164 e. The molecule has 0 atom stereocenters. The number of hydrogen-bond donors (Lipinski definition) is 0. The van der Waals surface area contributed by atoms with Gasteiger partial charge in [0.25, 0.3) is 0 Å². The average Bonchev–Trinajstić information content (AvgIpc) is 1.49. The van der Waals surface area contributed by atoms with Crippen LogP contribution in [0.1, 0.15) is 0 Å². The fourth-order valence-electron chi connectivity index (χ4n) is 14.1. The molecule has 0 aliphatic carbocycles. The number of nitrogens with zero attached hydrogens (tertiary/aromatic N) is 13. The molecule has 13 nitrogen and oxygen atoms in total. The van der Waals surface area contributed by atoms with Crippen molar-refractivity contribution < 1.29 is 0 Å². The molecule has 0 N–H and O–H groups in total. The predicted octanol–water partition coefficient (Wildman–Crippen LogP) is 21.9. The van der Waals surface area contributed by atoms with E-state index >= 15 is 0 Å². The molecule has 0 unspecified atom stereocenters. The molecule has 13 heteroatoms. The summed E-state index contributed by atoms with van der Waals surface area (Å²) in [5.74, 6) is 2.57. The van der Waals surface area contributed by atoms with Gasteiger partial charge in [-0.2, -0.15) is 9.59 Å². The molecule has 20 aromatic rings. The van der Waals surface area contributed by atoms with Crippen molar-refractivity contribution >= 4 is 65.4 Å². The van der Waals surface area contributed by atoms with Crippen LogP contribution >= 0.6 is 0 Å². The molecule has 0 fully saturated rings. The molecule has 106 heavy (non-hydrogen) atoms. The Morgan fingerprint density at radius 1 is 0.189 bits per heavy atom. The normalized spacial score (nSPS) is 11.4. The highest BCUT2D eigenvalue weighted by molar-refractivity contribution is 6.24. The number of fused-ring (bicyclic) bond motifs is 10. The summed E-state index contributed by atoms with van der Waals surface area (Å²) in [6.07, 6.45) is 0. The molecule has 0 aliphatic heterocycles. The van der Waals surface area contributed by atoms with Crippen molar-refractivity contribution in [2.24, 2.45) is 0 Å². The summed E-state index contributed by atoms with van der Waals surface area (Å²) in [5, 5.41) is 26.1. The van der Waals surface area contributed by atoms with Crippen LogP contribution in [-0.2, 0) is 0 Å². The molecule has 6 heterocycles. The van der Waals surface area contributed by atoms with Crippen LogP contribution in [0, 0.1) is 0 Å². The Hall–Kier alpha value is -14.7. The summed E-state index contributed by atoms with van der Waals surface area (Å²) in [5.41, 5.74) is 22.6. The van der Waals surface area contributed by atoms with E-state index in [4.69, 9.17) is 55.3 Å². The fraction of sp³-hybridized carbons (Fsp3) is 0. The summed E-state index contributed by atoms with van der Waals surface area (Å²) in [7, 11) is 0. The van der Waals surface area contributed by atoms with E-state index < -0.39 is 0 Å². The van der Waals surface area contributed by atoms with Crippen molar-refractivity contribution in [3.63, 3.8) is 0 Å². The van der Waals surface area contributed by atoms with Gasteiger partial charge < -0.3 is 0 Å². The van der Waals surface area contributed by atoms with Gasteiger partial charge in [-0.25, -0.2) is 34.9 Å². The molecule has 496 valence electrons. The van der Waals surface area contributed by atoms with Crippen molar-refractivity contribution in [2.45, 2.75) is 0 Å². The van der Waals surface area contributed by atoms with Crippen molar-refractivity contribution in [3.05, 3.63) is 358 Å². The number of pyridine rings is 2. The minimum Gasteiger partial charge on any atom is -0.246 e. The fourth-order valence-corrected chi connectivity index (χ4v) is 14.1. The Bertz CT molecular complexity index is 6110. The van der Waals surface area contributed by atoms with E-state index in [9.17, 15) is 0 Å². The number of hydrogen-bond acceptors (Lipinski definition) is 11. The van der Waals surface area contributed by atoms with Crippen LogP contribution < -0.4 is 0 Å². The van der Waals surface area contributed by atoms with Crippen LogP contribution in [-0.4, -0.2) is 64.9 Å². The predicted molar refractivity (Wildman–Crippen MR) is 427 cm³/mol. The van der Waals surface area contributed by atoms with Crippen LogP contribution in [0.3, 0.4) is 0 Å². The van der Waals surface area contributed by atoms with Gasteiger partial charge in [-0.1, -0.05) is 303 Å². The first-order valence-corrected chi connectivity index (χ1v) is 35.1. The largest absolute Gasteiger partial charge is 0.246 e. The SMILES string of the molecule is c1ccc(-c2cc(-c3ccc(-c4cccc5c4nc(-c4ccccc4)c4ccc6nn(-c7ccccc7)nc6c45)cc3)nc(-c3ccccc3)n2)cc1.c1ccc(-c2nc(-c3ccccc3)nc(-c3ccc(-c4cccc5c4nc(-c4ccccc4)c4ccc6nn(-c7ccccc7)nc6c45)cc3)n2)cc1. The van der Waals surface area contributed by atoms with Gasteiger partial charge in [-0.15, -0.1) is 20.4 Å². The zero-order valence-electron chi connectivity index (χ0n) is 56.9. The highest BCUT2D eigenvalue weighted by atomic mass is 15.5. The molecular formula is C93H59N13. The average molecular weight is 1360 g/mol. The van der Waals surface area contributed by atoms with Crippen LogP contribution in [0.2, 0.25) is 0 Å². The summed E-state index contributed by atoms with van der Waals surface area (Å²) in [6, 6.07) is 121. The number of para-hydroxylation sites is 4. The first-order chi connectivity index (χ1) is 52.5. The van der Waals surface area contributed by atoms with Gasteiger partial charge in [0.05, 0.1) is 45.2 Å². The third-order valence-corrected chi connectivity index (χ3v) is 19.2. The molecule has 14 aromatic carbocycles. The van der Waals surface area contributed by atoms with Crippen molar-refractivity contribution in [1.82, 2.24) is 64.9 Å². The maximum atomic E-state index is 5.42. The van der Waals surface area contributed by atoms with E-state index in [1.165, 1.54) is 0 Å². The van der Waals surface area contributed by atoms with Gasteiger partial charge in [-0.3, -0.25) is 0 Å². The smallest absolute Gasteiger partial charge is 0.164 e. The van der Waals surface area contributed by atoms with Gasteiger partial charge in [0.2, 0.25) is 0 Å². The molecule has 0 saturated carbocycles. The Balaban J connectivity index is 0.000000145. The van der Waals surface area contributed by atoms with Crippen LogP contribution in [0.15, 0.2) is 358 Å². The highest BCUT2D eigenvalue weighted by Gasteiger charge is 2.23. The highest BCUT2D eigenvalue weighted by Crippen LogP contribution is 2.43. The third kappa shape index (κ3) is 11.8. The molecule has 0 bridgehead atoms. The number of aromatic nitrogens is 13. The monoisotopic (exact) mass is 1360 g/mol. The molecule has 0 radical (unpaired) electrons. The number of rotatable bonds is 12. The van der Waals surface area contributed by atoms with Crippen molar-refractivity contribution in [2.75, 3.05) is 0 Å². The Morgan fingerprint density at radius 2 is 0.491 bits per heavy atom. The summed E-state index contributed by atoms with van der Waals surface area (Å²) in [4.78, 5) is 39.0. The van der Waals surface area contributed by atoms with Gasteiger partial charge in [0.15, 0.2) is 23.3 Å². The van der Waals surface area contributed by atoms with Crippen LogP contribution in [0.25, 0.3) is 190 Å². The Morgan fingerprint density at radius 3 is 0.868 bits per heavy atom. The molecule has 6 aromatic heterocycles. The second-order valence-corrected chi connectivity index (χ2v) is 25.8. The summed E-state index contributed by atoms with van der Waals surface area (Å²) in [6.45, 7) is 0. The van der Waals surface area contributed by atoms with Gasteiger partial charge in [0.1, 0.15) is 22.1 Å². The van der Waals surface area contributed by atoms with Gasteiger partial charge in [0, 0.05) is 88.0 Å². The van der Waals surface area contributed by atoms with E-state index in [-0.39, 0.29) is 0 Å². The first-order valence-electron chi connectivity index (χ1n) is 35.1.